The van der Waals surface area contributed by atoms with E-state index in [9.17, 15) is 14.4 Å². The predicted molar refractivity (Wildman–Crippen MR) is 141 cm³/mol. The van der Waals surface area contributed by atoms with Gasteiger partial charge in [-0.05, 0) is 29.8 Å². The molecule has 0 spiro atoms. The minimum Gasteiger partial charge on any atom is -0.481 e. The number of nitrogens with one attached hydrogen (secondary N) is 3. The highest BCUT2D eigenvalue weighted by Crippen LogP contribution is 2.24. The fraction of sp³-hybridized carbons (Fsp3) is 0.120. The third kappa shape index (κ3) is 5.83. The van der Waals surface area contributed by atoms with E-state index in [0.29, 0.717) is 16.8 Å². The molecule has 4 aromatic rings. The fourth-order valence-corrected chi connectivity index (χ4v) is 3.68. The van der Waals surface area contributed by atoms with E-state index >= 15 is 0 Å². The molecule has 0 aliphatic heterocycles. The highest BCUT2D eigenvalue weighted by Gasteiger charge is 2.18. The summed E-state index contributed by atoms with van der Waals surface area (Å²) in [4.78, 5) is 45.0. The van der Waals surface area contributed by atoms with Crippen LogP contribution in [0.15, 0.2) is 71.7 Å². The molecule has 1 atom stereocenters. The average molecular weight is 528 g/mol. The molecule has 0 saturated carbocycles. The van der Waals surface area contributed by atoms with Crippen LogP contribution in [0.1, 0.15) is 32.3 Å². The first-order chi connectivity index (χ1) is 16.9. The predicted octanol–water partition coefficient (Wildman–Crippen LogP) is 3.69. The monoisotopic (exact) mass is 527 g/mol. The van der Waals surface area contributed by atoms with E-state index in [2.05, 4.69) is 20.6 Å². The number of halogens is 2. The van der Waals surface area contributed by atoms with Crippen LogP contribution in [0.25, 0.3) is 10.9 Å². The van der Waals surface area contributed by atoms with Gasteiger partial charge in [-0.2, -0.15) is 0 Å². The summed E-state index contributed by atoms with van der Waals surface area (Å²) in [6.07, 6.45) is 1.49. The molecule has 0 saturated heterocycles. The Morgan fingerprint density at radius 1 is 1.11 bits per heavy atom. The van der Waals surface area contributed by atoms with Gasteiger partial charge < -0.3 is 26.1 Å². The summed E-state index contributed by atoms with van der Waals surface area (Å²) >= 11 is 6.25. The number of carbonyl (C=O) groups excluding carboxylic acids is 2. The number of fused-ring (bicyclic) bond motifs is 1. The summed E-state index contributed by atoms with van der Waals surface area (Å²) in [5.41, 5.74) is 6.91. The lowest BCUT2D eigenvalue weighted by Gasteiger charge is -2.18. The van der Waals surface area contributed by atoms with Crippen molar-refractivity contribution < 1.29 is 14.3 Å². The van der Waals surface area contributed by atoms with E-state index in [4.69, 9.17) is 22.1 Å². The molecule has 0 aliphatic rings. The number of nitrogens with two attached hydrogens (primary N) is 1. The summed E-state index contributed by atoms with van der Waals surface area (Å²) in [6, 6.07) is 16.4. The van der Waals surface area contributed by atoms with Crippen LogP contribution in [-0.4, -0.2) is 35.4 Å². The highest BCUT2D eigenvalue weighted by atomic mass is 35.5. The van der Waals surface area contributed by atoms with Gasteiger partial charge in [0.05, 0.1) is 29.4 Å². The van der Waals surface area contributed by atoms with E-state index in [1.807, 2.05) is 30.3 Å². The first-order valence-electron chi connectivity index (χ1n) is 10.6. The standard InChI is InChI=1S/C25H22ClN5O4.ClH/c1-35-22-11-19-16(13-28-22)9-17(24(33)29-19)25(34)30-20-10-15(7-8-18(20)26)23(32)31-21(12-27)14-5-3-2-4-6-14;/h2-11,13,21H,12,27H2,1H3,(H,29,33)(H,30,34)(H,31,32);1H. The topological polar surface area (TPSA) is 139 Å². The molecule has 5 N–H and O–H groups in total. The van der Waals surface area contributed by atoms with Gasteiger partial charge in [0, 0.05) is 29.8 Å². The van der Waals surface area contributed by atoms with E-state index < -0.39 is 11.5 Å². The average Bonchev–Trinajstić information content (AvgIpc) is 2.88. The molecule has 0 bridgehead atoms. The third-order valence-corrected chi connectivity index (χ3v) is 5.71. The normalized spacial score (nSPS) is 11.3. The van der Waals surface area contributed by atoms with E-state index in [0.717, 1.165) is 5.56 Å². The maximum absolute atomic E-state index is 12.9. The second-order valence-corrected chi connectivity index (χ2v) is 8.05. The molecule has 1 unspecified atom stereocenters. The van der Waals surface area contributed by atoms with Gasteiger partial charge in [-0.3, -0.25) is 14.4 Å². The first-order valence-corrected chi connectivity index (χ1v) is 11.0. The number of carbonyl (C=O) groups is 2. The van der Waals surface area contributed by atoms with Crippen LogP contribution in [0.2, 0.25) is 5.02 Å². The molecule has 2 heterocycles. The van der Waals surface area contributed by atoms with Gasteiger partial charge in [0.2, 0.25) is 5.88 Å². The fourth-order valence-electron chi connectivity index (χ4n) is 3.52. The SMILES string of the molecule is COc1cc2[nH]c(=O)c(C(=O)Nc3cc(C(=O)NC(CN)c4ccccc4)ccc3Cl)cc2cn1.Cl. The zero-order chi connectivity index (χ0) is 24.9. The molecule has 4 rings (SSSR count). The zero-order valence-corrected chi connectivity index (χ0v) is 20.7. The van der Waals surface area contributed by atoms with Crippen LogP contribution in [0.3, 0.4) is 0 Å². The third-order valence-electron chi connectivity index (χ3n) is 5.38. The van der Waals surface area contributed by atoms with Gasteiger partial charge >= 0.3 is 0 Å². The maximum Gasteiger partial charge on any atom is 0.261 e. The molecule has 0 radical (unpaired) electrons. The Morgan fingerprint density at radius 2 is 1.86 bits per heavy atom. The Kier molecular flexibility index (Phi) is 8.65. The number of hydrogen-bond donors (Lipinski definition) is 4. The Labute approximate surface area is 217 Å². The number of aromatic nitrogens is 2. The minimum absolute atomic E-state index is 0. The van der Waals surface area contributed by atoms with E-state index in [1.165, 1.54) is 37.6 Å². The first kappa shape index (κ1) is 26.7. The van der Waals surface area contributed by atoms with Gasteiger partial charge in [-0.25, -0.2) is 4.98 Å². The van der Waals surface area contributed by atoms with Crippen molar-refractivity contribution in [2.45, 2.75) is 6.04 Å². The number of ether oxygens (including phenoxy) is 1. The summed E-state index contributed by atoms with van der Waals surface area (Å²) in [6.45, 7) is 0.207. The number of amides is 2. The second kappa shape index (κ2) is 11.7. The summed E-state index contributed by atoms with van der Waals surface area (Å²) in [5.74, 6) is -0.746. The molecule has 11 heteroatoms. The number of anilines is 1. The number of aromatic amines is 1. The van der Waals surface area contributed by atoms with Gasteiger partial charge in [0.25, 0.3) is 17.4 Å². The van der Waals surface area contributed by atoms with Gasteiger partial charge in [-0.1, -0.05) is 41.9 Å². The number of nitrogens with zero attached hydrogens (tertiary/aromatic N) is 1. The summed E-state index contributed by atoms with van der Waals surface area (Å²) in [7, 11) is 1.46. The largest absolute Gasteiger partial charge is 0.481 e. The number of pyridine rings is 2. The van der Waals surface area contributed by atoms with Crippen molar-refractivity contribution in [2.75, 3.05) is 19.0 Å². The molecule has 186 valence electrons. The van der Waals surface area contributed by atoms with Gasteiger partial charge in [0.15, 0.2) is 0 Å². The summed E-state index contributed by atoms with van der Waals surface area (Å²) < 4.78 is 5.05. The van der Waals surface area contributed by atoms with E-state index in [1.54, 1.807) is 6.07 Å². The lowest BCUT2D eigenvalue weighted by atomic mass is 10.1. The van der Waals surface area contributed by atoms with Crippen LogP contribution < -0.4 is 26.7 Å². The van der Waals surface area contributed by atoms with E-state index in [-0.39, 0.29) is 52.7 Å². The number of benzene rings is 2. The van der Waals surface area contributed by atoms with Crippen molar-refractivity contribution >= 4 is 52.4 Å². The zero-order valence-electron chi connectivity index (χ0n) is 19.1. The Bertz CT molecular complexity index is 1460. The van der Waals surface area contributed by atoms with Crippen molar-refractivity contribution in [3.05, 3.63) is 98.9 Å². The minimum atomic E-state index is -0.687. The number of methoxy groups -OCH3 is 1. The smallest absolute Gasteiger partial charge is 0.261 e. The van der Waals surface area contributed by atoms with Crippen LogP contribution in [0.4, 0.5) is 5.69 Å². The quantitative estimate of drug-likeness (QED) is 0.289. The van der Waals surface area contributed by atoms with Crippen LogP contribution >= 0.6 is 24.0 Å². The second-order valence-electron chi connectivity index (χ2n) is 7.65. The lowest BCUT2D eigenvalue weighted by Crippen LogP contribution is -2.33. The van der Waals surface area contributed by atoms with Crippen molar-refractivity contribution in [1.29, 1.82) is 0 Å². The molecule has 9 nitrogen and oxygen atoms in total. The van der Waals surface area contributed by atoms with Crippen LogP contribution in [-0.2, 0) is 0 Å². The molecule has 0 fully saturated rings. The molecular weight excluding hydrogens is 505 g/mol. The van der Waals surface area contributed by atoms with Gasteiger partial charge in [-0.15, -0.1) is 12.4 Å². The Morgan fingerprint density at radius 3 is 2.56 bits per heavy atom. The molecule has 2 amide bonds. The number of rotatable bonds is 7. The molecule has 0 aliphatic carbocycles. The summed E-state index contributed by atoms with van der Waals surface area (Å²) in [5, 5.41) is 6.24. The Hall–Kier alpha value is -3.92. The van der Waals surface area contributed by atoms with Crippen LogP contribution in [0, 0.1) is 0 Å². The molecular formula is C25H23Cl2N5O4. The number of hydrogen-bond acceptors (Lipinski definition) is 6. The van der Waals surface area contributed by atoms with Crippen LogP contribution in [0.5, 0.6) is 5.88 Å². The maximum atomic E-state index is 12.9. The Balaban J connectivity index is 0.00000361. The molecule has 2 aromatic heterocycles. The number of H-pyrrole nitrogens is 1. The van der Waals surface area contributed by atoms with Crippen molar-refractivity contribution in [1.82, 2.24) is 15.3 Å². The molecule has 2 aromatic carbocycles. The van der Waals surface area contributed by atoms with Crippen molar-refractivity contribution in [2.24, 2.45) is 5.73 Å². The van der Waals surface area contributed by atoms with Crippen molar-refractivity contribution in [3.8, 4) is 5.88 Å². The highest BCUT2D eigenvalue weighted by molar-refractivity contribution is 6.34. The molecule has 36 heavy (non-hydrogen) atoms. The lowest BCUT2D eigenvalue weighted by molar-refractivity contribution is 0.0936. The van der Waals surface area contributed by atoms with Crippen molar-refractivity contribution in [3.63, 3.8) is 0 Å². The van der Waals surface area contributed by atoms with Gasteiger partial charge in [0.1, 0.15) is 5.56 Å².